The molecular weight excluding hydrogens is 210 g/mol. The fourth-order valence-corrected chi connectivity index (χ4v) is 2.45. The normalized spacial score (nSPS) is 14.4. The number of aromatic nitrogens is 1. The van der Waals surface area contributed by atoms with E-state index < -0.39 is 0 Å². The Labute approximate surface area is 101 Å². The van der Waals surface area contributed by atoms with Gasteiger partial charge in [-0.1, -0.05) is 18.2 Å². The summed E-state index contributed by atoms with van der Waals surface area (Å²) in [6.45, 7) is 0. The van der Waals surface area contributed by atoms with Crippen molar-refractivity contribution in [3.63, 3.8) is 0 Å². The van der Waals surface area contributed by atoms with Crippen LogP contribution in [0, 0.1) is 0 Å². The minimum Gasteiger partial charge on any atom is -0.507 e. The summed E-state index contributed by atoms with van der Waals surface area (Å²) in [6, 6.07) is 9.60. The maximum atomic E-state index is 9.84. The van der Waals surface area contributed by atoms with Crippen molar-refractivity contribution in [2.75, 3.05) is 0 Å². The van der Waals surface area contributed by atoms with Crippen LogP contribution in [0.1, 0.15) is 24.1 Å². The Kier molecular flexibility index (Phi) is 2.56. The monoisotopic (exact) mass is 225 g/mol. The van der Waals surface area contributed by atoms with E-state index in [1.54, 1.807) is 6.07 Å². The fourth-order valence-electron chi connectivity index (χ4n) is 2.45. The molecule has 3 rings (SSSR count). The lowest BCUT2D eigenvalue weighted by Crippen LogP contribution is -2.05. The minimum atomic E-state index is 0.324. The summed E-state index contributed by atoms with van der Waals surface area (Å²) >= 11 is 0. The van der Waals surface area contributed by atoms with E-state index >= 15 is 0 Å². The number of fused-ring (bicyclic) bond motifs is 1. The van der Waals surface area contributed by atoms with Crippen molar-refractivity contribution >= 4 is 0 Å². The molecule has 0 spiro atoms. The molecule has 1 aromatic carbocycles. The highest BCUT2D eigenvalue weighted by Gasteiger charge is 2.12. The zero-order valence-electron chi connectivity index (χ0n) is 9.69. The van der Waals surface area contributed by atoms with Crippen LogP contribution in [0.4, 0.5) is 0 Å². The number of nitrogens with zero attached hydrogens (tertiary/aromatic N) is 1. The van der Waals surface area contributed by atoms with Crippen LogP contribution in [0.3, 0.4) is 0 Å². The maximum Gasteiger partial charge on any atom is 0.123 e. The number of phenolic OH excluding ortho intramolecular Hbond substituents is 1. The highest BCUT2D eigenvalue weighted by molar-refractivity contribution is 5.69. The Morgan fingerprint density at radius 2 is 1.88 bits per heavy atom. The van der Waals surface area contributed by atoms with Crippen molar-refractivity contribution in [1.82, 2.24) is 4.98 Å². The number of pyridine rings is 1. The number of para-hydroxylation sites is 1. The molecule has 1 aliphatic carbocycles. The van der Waals surface area contributed by atoms with E-state index in [2.05, 4.69) is 11.1 Å². The molecule has 2 heteroatoms. The van der Waals surface area contributed by atoms with Crippen LogP contribution >= 0.6 is 0 Å². The van der Waals surface area contributed by atoms with Crippen molar-refractivity contribution < 1.29 is 5.11 Å². The minimum absolute atomic E-state index is 0.324. The molecule has 0 fully saturated rings. The highest BCUT2D eigenvalue weighted by Crippen LogP contribution is 2.30. The Balaban J connectivity index is 2.07. The van der Waals surface area contributed by atoms with Gasteiger partial charge in [0.15, 0.2) is 0 Å². The zero-order chi connectivity index (χ0) is 11.7. The third-order valence-electron chi connectivity index (χ3n) is 3.38. The summed E-state index contributed by atoms with van der Waals surface area (Å²) in [5.41, 5.74) is 4.46. The molecule has 1 heterocycles. The molecule has 2 aromatic rings. The molecule has 0 radical (unpaired) electrons. The molecule has 0 bridgehead atoms. The third-order valence-corrected chi connectivity index (χ3v) is 3.38. The maximum absolute atomic E-state index is 9.84. The van der Waals surface area contributed by atoms with Crippen LogP contribution in [0.2, 0.25) is 0 Å². The molecule has 0 saturated heterocycles. The molecule has 0 aliphatic heterocycles. The van der Waals surface area contributed by atoms with Gasteiger partial charge in [-0.15, -0.1) is 0 Å². The molecule has 17 heavy (non-hydrogen) atoms. The first-order valence-electron chi connectivity index (χ1n) is 6.11. The molecule has 0 unspecified atom stereocenters. The van der Waals surface area contributed by atoms with E-state index in [-0.39, 0.29) is 0 Å². The van der Waals surface area contributed by atoms with Crippen LogP contribution in [-0.2, 0) is 12.8 Å². The first-order chi connectivity index (χ1) is 8.34. The second-order valence-corrected chi connectivity index (χ2v) is 4.55. The van der Waals surface area contributed by atoms with Crippen molar-refractivity contribution in [2.24, 2.45) is 0 Å². The predicted octanol–water partition coefficient (Wildman–Crippen LogP) is 3.33. The molecule has 0 saturated carbocycles. The zero-order valence-corrected chi connectivity index (χ0v) is 9.69. The Morgan fingerprint density at radius 1 is 1.06 bits per heavy atom. The Bertz CT molecular complexity index is 548. The lowest BCUT2D eigenvalue weighted by Gasteiger charge is -2.15. The Hall–Kier alpha value is -1.83. The average Bonchev–Trinajstić information content (AvgIpc) is 2.39. The van der Waals surface area contributed by atoms with Gasteiger partial charge in [-0.05, 0) is 43.4 Å². The summed E-state index contributed by atoms with van der Waals surface area (Å²) in [7, 11) is 0. The quantitative estimate of drug-likeness (QED) is 0.807. The molecule has 0 amide bonds. The largest absolute Gasteiger partial charge is 0.507 e. The Morgan fingerprint density at radius 3 is 2.76 bits per heavy atom. The van der Waals surface area contributed by atoms with Gasteiger partial charge in [0, 0.05) is 23.0 Å². The second kappa shape index (κ2) is 4.21. The summed E-state index contributed by atoms with van der Waals surface area (Å²) in [5.74, 6) is 0.324. The summed E-state index contributed by atoms with van der Waals surface area (Å²) < 4.78 is 0. The SMILES string of the molecule is Oc1ccccc1-c1cnc2c(c1)CCCC2. The molecule has 1 N–H and O–H groups in total. The molecular formula is C15H15NO. The van der Waals surface area contributed by atoms with E-state index in [0.717, 1.165) is 24.0 Å². The van der Waals surface area contributed by atoms with Gasteiger partial charge in [0.05, 0.1) is 0 Å². The first kappa shape index (κ1) is 10.3. The average molecular weight is 225 g/mol. The van der Waals surface area contributed by atoms with Gasteiger partial charge in [-0.3, -0.25) is 4.98 Å². The van der Waals surface area contributed by atoms with Gasteiger partial charge in [-0.2, -0.15) is 0 Å². The van der Waals surface area contributed by atoms with Crippen molar-refractivity contribution in [2.45, 2.75) is 25.7 Å². The van der Waals surface area contributed by atoms with E-state index in [1.165, 1.54) is 24.1 Å². The van der Waals surface area contributed by atoms with Crippen molar-refractivity contribution in [1.29, 1.82) is 0 Å². The van der Waals surface area contributed by atoms with Crippen LogP contribution in [0.5, 0.6) is 5.75 Å². The molecule has 86 valence electrons. The topological polar surface area (TPSA) is 33.1 Å². The van der Waals surface area contributed by atoms with Gasteiger partial charge < -0.3 is 5.11 Å². The number of hydrogen-bond donors (Lipinski definition) is 1. The van der Waals surface area contributed by atoms with Gasteiger partial charge in [0.2, 0.25) is 0 Å². The number of hydrogen-bond acceptors (Lipinski definition) is 2. The predicted molar refractivity (Wildman–Crippen MR) is 68.0 cm³/mol. The lowest BCUT2D eigenvalue weighted by atomic mass is 9.93. The smallest absolute Gasteiger partial charge is 0.123 e. The summed E-state index contributed by atoms with van der Waals surface area (Å²) in [5, 5.41) is 9.84. The van der Waals surface area contributed by atoms with E-state index in [9.17, 15) is 5.11 Å². The first-order valence-corrected chi connectivity index (χ1v) is 6.11. The number of benzene rings is 1. The van der Waals surface area contributed by atoms with Crippen molar-refractivity contribution in [3.8, 4) is 16.9 Å². The molecule has 0 atom stereocenters. The van der Waals surface area contributed by atoms with Gasteiger partial charge >= 0.3 is 0 Å². The van der Waals surface area contributed by atoms with Crippen molar-refractivity contribution in [3.05, 3.63) is 47.8 Å². The van der Waals surface area contributed by atoms with E-state index in [1.807, 2.05) is 24.4 Å². The standard InChI is InChI=1S/C15H15NO/c17-15-8-4-2-6-13(15)12-9-11-5-1-3-7-14(11)16-10-12/h2,4,6,8-10,17H,1,3,5,7H2. The number of rotatable bonds is 1. The number of aryl methyl sites for hydroxylation is 2. The summed E-state index contributed by atoms with van der Waals surface area (Å²) in [4.78, 5) is 4.53. The summed E-state index contributed by atoms with van der Waals surface area (Å²) in [6.07, 6.45) is 6.58. The highest BCUT2D eigenvalue weighted by atomic mass is 16.3. The lowest BCUT2D eigenvalue weighted by molar-refractivity contribution is 0.477. The van der Waals surface area contributed by atoms with E-state index in [0.29, 0.717) is 5.75 Å². The molecule has 2 nitrogen and oxygen atoms in total. The van der Waals surface area contributed by atoms with Gasteiger partial charge in [-0.25, -0.2) is 0 Å². The molecule has 1 aromatic heterocycles. The van der Waals surface area contributed by atoms with Crippen LogP contribution in [0.15, 0.2) is 36.5 Å². The van der Waals surface area contributed by atoms with Crippen LogP contribution in [-0.4, -0.2) is 10.1 Å². The number of aromatic hydroxyl groups is 1. The van der Waals surface area contributed by atoms with E-state index in [4.69, 9.17) is 0 Å². The van der Waals surface area contributed by atoms with Gasteiger partial charge in [0.25, 0.3) is 0 Å². The van der Waals surface area contributed by atoms with Crippen LogP contribution in [0.25, 0.3) is 11.1 Å². The second-order valence-electron chi connectivity index (χ2n) is 4.55. The number of phenols is 1. The third kappa shape index (κ3) is 1.91. The molecule has 1 aliphatic rings. The fraction of sp³-hybridized carbons (Fsp3) is 0.267. The van der Waals surface area contributed by atoms with Crippen LogP contribution < -0.4 is 0 Å². The van der Waals surface area contributed by atoms with Gasteiger partial charge in [0.1, 0.15) is 5.75 Å².